The number of nitrogens with one attached hydrogen (secondary N) is 2. The maximum atomic E-state index is 12.9. The van der Waals surface area contributed by atoms with Crippen LogP contribution in [0.2, 0.25) is 0 Å². The molecule has 0 saturated carbocycles. The van der Waals surface area contributed by atoms with Gasteiger partial charge in [-0.3, -0.25) is 30.6 Å². The molecule has 0 saturated heterocycles. The zero-order valence-electron chi connectivity index (χ0n) is 29.0. The van der Waals surface area contributed by atoms with E-state index in [9.17, 15) is 19.7 Å². The van der Waals surface area contributed by atoms with Crippen molar-refractivity contribution in [1.29, 1.82) is 0 Å². The summed E-state index contributed by atoms with van der Waals surface area (Å²) in [6.07, 6.45) is 24.9. The Morgan fingerprint density at radius 3 is 1.38 bits per heavy atom. The van der Waals surface area contributed by atoms with Crippen molar-refractivity contribution >= 4 is 17.5 Å². The summed E-state index contributed by atoms with van der Waals surface area (Å²) in [4.78, 5) is 35.7. The molecule has 0 radical (unpaired) electrons. The summed E-state index contributed by atoms with van der Waals surface area (Å²) in [6, 6.07) is 10.2. The van der Waals surface area contributed by atoms with Crippen LogP contribution in [-0.4, -0.2) is 30.0 Å². The van der Waals surface area contributed by atoms with Gasteiger partial charge >= 0.3 is 0 Å². The lowest BCUT2D eigenvalue weighted by Crippen LogP contribution is -2.41. The van der Waals surface area contributed by atoms with Crippen molar-refractivity contribution in [2.24, 2.45) is 0 Å². The monoisotopic (exact) mass is 653 g/mol. The van der Waals surface area contributed by atoms with Crippen LogP contribution in [0.1, 0.15) is 163 Å². The normalized spacial score (nSPS) is 10.9. The lowest BCUT2D eigenvalue weighted by molar-refractivity contribution is -0.384. The minimum atomic E-state index is -0.581. The van der Waals surface area contributed by atoms with Crippen LogP contribution in [0.4, 0.5) is 5.69 Å². The minimum Gasteiger partial charge on any atom is -0.490 e. The van der Waals surface area contributed by atoms with Crippen LogP contribution in [0.5, 0.6) is 11.5 Å². The van der Waals surface area contributed by atoms with Crippen molar-refractivity contribution in [3.63, 3.8) is 0 Å². The van der Waals surface area contributed by atoms with Crippen LogP contribution in [0.15, 0.2) is 42.5 Å². The molecule has 2 N–H and O–H groups in total. The van der Waals surface area contributed by atoms with Crippen molar-refractivity contribution in [2.45, 2.75) is 142 Å². The quantitative estimate of drug-likeness (QED) is 0.0562. The molecule has 0 heterocycles. The molecule has 262 valence electrons. The number of nitrogens with zero attached hydrogens (tertiary/aromatic N) is 1. The van der Waals surface area contributed by atoms with Crippen molar-refractivity contribution in [3.05, 3.63) is 63.7 Å². The van der Waals surface area contributed by atoms with E-state index in [4.69, 9.17) is 9.47 Å². The van der Waals surface area contributed by atoms with E-state index in [1.807, 2.05) is 0 Å². The second-order valence-corrected chi connectivity index (χ2v) is 12.4. The Morgan fingerprint density at radius 1 is 0.553 bits per heavy atom. The number of carbonyl (C=O) groups excluding carboxylic acids is 2. The number of hydrogen-bond acceptors (Lipinski definition) is 6. The highest BCUT2D eigenvalue weighted by Gasteiger charge is 2.15. The highest BCUT2D eigenvalue weighted by Crippen LogP contribution is 2.29. The summed E-state index contributed by atoms with van der Waals surface area (Å²) < 4.78 is 12.2. The van der Waals surface area contributed by atoms with E-state index in [0.717, 1.165) is 25.7 Å². The molecule has 0 bridgehead atoms. The average Bonchev–Trinajstić information content (AvgIpc) is 3.08. The van der Waals surface area contributed by atoms with Crippen LogP contribution in [0.25, 0.3) is 0 Å². The number of nitro groups is 1. The molecule has 0 unspecified atom stereocenters. The van der Waals surface area contributed by atoms with Gasteiger partial charge in [0.25, 0.3) is 17.5 Å². The molecule has 0 fully saturated rings. The number of non-ortho nitro benzene ring substituents is 1. The van der Waals surface area contributed by atoms with E-state index in [2.05, 4.69) is 24.7 Å². The topological polar surface area (TPSA) is 120 Å². The maximum Gasteiger partial charge on any atom is 0.269 e. The summed E-state index contributed by atoms with van der Waals surface area (Å²) >= 11 is 0. The molecule has 9 nitrogen and oxygen atoms in total. The molecule has 2 aromatic carbocycles. The second-order valence-electron chi connectivity index (χ2n) is 12.4. The molecule has 0 spiro atoms. The third kappa shape index (κ3) is 17.8. The Bertz CT molecular complexity index is 1150. The molecule has 0 atom stereocenters. The Hall–Kier alpha value is -3.62. The Morgan fingerprint density at radius 2 is 0.936 bits per heavy atom. The van der Waals surface area contributed by atoms with Gasteiger partial charge in [-0.2, -0.15) is 0 Å². The third-order valence-electron chi connectivity index (χ3n) is 8.35. The number of hydrazine groups is 1. The van der Waals surface area contributed by atoms with Crippen molar-refractivity contribution < 1.29 is 24.0 Å². The largest absolute Gasteiger partial charge is 0.490 e. The molecule has 2 aromatic rings. The van der Waals surface area contributed by atoms with Crippen molar-refractivity contribution in [2.75, 3.05) is 13.2 Å². The first kappa shape index (κ1) is 39.6. The van der Waals surface area contributed by atoms with Crippen LogP contribution in [-0.2, 0) is 0 Å². The van der Waals surface area contributed by atoms with Gasteiger partial charge in [0.15, 0.2) is 11.5 Å². The number of amides is 2. The van der Waals surface area contributed by atoms with Crippen molar-refractivity contribution in [1.82, 2.24) is 10.9 Å². The molecule has 0 aliphatic carbocycles. The predicted molar refractivity (Wildman–Crippen MR) is 189 cm³/mol. The van der Waals surface area contributed by atoms with Gasteiger partial charge in [-0.15, -0.1) is 0 Å². The summed E-state index contributed by atoms with van der Waals surface area (Å²) in [5.74, 6) is 0.0363. The second kappa shape index (κ2) is 25.5. The van der Waals surface area contributed by atoms with E-state index in [0.29, 0.717) is 30.3 Å². The van der Waals surface area contributed by atoms with Crippen LogP contribution in [0, 0.1) is 10.1 Å². The van der Waals surface area contributed by atoms with Gasteiger partial charge in [0.1, 0.15) is 0 Å². The SMILES string of the molecule is CCCCCCCCCCCCOc1ccc(C(=O)NNC(=O)c2ccc([N+](=O)[O-])cc2)cc1OCCCCCCCCCCCC. The number of ether oxygens (including phenoxy) is 2. The molecule has 0 aliphatic rings. The first-order chi connectivity index (χ1) is 23.0. The Labute approximate surface area is 282 Å². The average molecular weight is 654 g/mol. The Kier molecular flexibility index (Phi) is 21.4. The highest BCUT2D eigenvalue weighted by molar-refractivity contribution is 5.99. The summed E-state index contributed by atoms with van der Waals surface area (Å²) in [5, 5.41) is 10.9. The molecule has 47 heavy (non-hydrogen) atoms. The zero-order valence-corrected chi connectivity index (χ0v) is 29.0. The number of hydrogen-bond donors (Lipinski definition) is 2. The number of benzene rings is 2. The van der Waals surface area contributed by atoms with Gasteiger partial charge in [-0.05, 0) is 43.2 Å². The fraction of sp³-hybridized carbons (Fsp3) is 0.632. The molecule has 0 aromatic heterocycles. The molecular weight excluding hydrogens is 594 g/mol. The lowest BCUT2D eigenvalue weighted by Gasteiger charge is -2.15. The summed E-state index contributed by atoms with van der Waals surface area (Å²) in [6.45, 7) is 5.61. The number of nitro benzene ring substituents is 1. The number of carbonyl (C=O) groups is 2. The molecule has 2 amide bonds. The van der Waals surface area contributed by atoms with Crippen LogP contribution in [0.3, 0.4) is 0 Å². The number of unbranched alkanes of at least 4 members (excludes halogenated alkanes) is 18. The van der Waals surface area contributed by atoms with E-state index < -0.39 is 16.7 Å². The fourth-order valence-electron chi connectivity index (χ4n) is 5.42. The maximum absolute atomic E-state index is 12.9. The predicted octanol–water partition coefficient (Wildman–Crippen LogP) is 10.3. The first-order valence-corrected chi connectivity index (χ1v) is 18.2. The standard InChI is InChI=1S/C38H59N3O6/c1-3-5-7-9-11-13-15-17-19-21-29-46-35-28-25-33(31-36(35)47-30-22-20-18-16-14-12-10-8-6-4-2)38(43)40-39-37(42)32-23-26-34(27-24-32)41(44)45/h23-28,31H,3-22,29-30H2,1-2H3,(H,39,42)(H,40,43). The first-order valence-electron chi connectivity index (χ1n) is 18.2. The van der Waals surface area contributed by atoms with Gasteiger partial charge in [-0.25, -0.2) is 0 Å². The zero-order chi connectivity index (χ0) is 34.0. The van der Waals surface area contributed by atoms with Crippen LogP contribution < -0.4 is 20.3 Å². The van der Waals surface area contributed by atoms with Gasteiger partial charge in [0, 0.05) is 23.3 Å². The summed E-state index contributed by atoms with van der Waals surface area (Å²) in [7, 11) is 0. The van der Waals surface area contributed by atoms with Crippen LogP contribution >= 0.6 is 0 Å². The molecule has 2 rings (SSSR count). The molecule has 9 heteroatoms. The summed E-state index contributed by atoms with van der Waals surface area (Å²) in [5.41, 5.74) is 5.17. The van der Waals surface area contributed by atoms with E-state index in [1.54, 1.807) is 18.2 Å². The smallest absolute Gasteiger partial charge is 0.269 e. The third-order valence-corrected chi connectivity index (χ3v) is 8.35. The van der Waals surface area contributed by atoms with Gasteiger partial charge in [0.05, 0.1) is 18.1 Å². The van der Waals surface area contributed by atoms with Gasteiger partial charge in [0.2, 0.25) is 0 Å². The Balaban J connectivity index is 1.84. The van der Waals surface area contributed by atoms with E-state index in [1.165, 1.54) is 127 Å². The molecular formula is C38H59N3O6. The minimum absolute atomic E-state index is 0.119. The van der Waals surface area contributed by atoms with Gasteiger partial charge < -0.3 is 9.47 Å². The number of rotatable bonds is 27. The van der Waals surface area contributed by atoms with Gasteiger partial charge in [-0.1, -0.05) is 129 Å². The van der Waals surface area contributed by atoms with Crippen molar-refractivity contribution in [3.8, 4) is 11.5 Å². The lowest BCUT2D eigenvalue weighted by atomic mass is 10.1. The molecule has 0 aliphatic heterocycles. The highest BCUT2D eigenvalue weighted by atomic mass is 16.6. The fourth-order valence-corrected chi connectivity index (χ4v) is 5.42. The van der Waals surface area contributed by atoms with E-state index >= 15 is 0 Å². The van der Waals surface area contributed by atoms with E-state index in [-0.39, 0.29) is 11.3 Å².